The smallest absolute Gasteiger partial charge is 0.0991 e. The number of para-hydroxylation sites is 1. The van der Waals surface area contributed by atoms with Crippen molar-refractivity contribution in [2.24, 2.45) is 0 Å². The minimum Gasteiger partial charge on any atom is -0.374 e. The van der Waals surface area contributed by atoms with Gasteiger partial charge in [0, 0.05) is 38.4 Å². The molecule has 2 heterocycles. The van der Waals surface area contributed by atoms with Crippen molar-refractivity contribution in [1.82, 2.24) is 4.90 Å². The molecule has 0 aromatic heterocycles. The maximum absolute atomic E-state index is 6.82. The summed E-state index contributed by atoms with van der Waals surface area (Å²) in [5, 5.41) is 0. The van der Waals surface area contributed by atoms with Crippen molar-refractivity contribution in [2.75, 3.05) is 44.2 Å². The molecular weight excluding hydrogens is 420 g/mol. The van der Waals surface area contributed by atoms with E-state index in [4.69, 9.17) is 9.47 Å². The zero-order valence-electron chi connectivity index (χ0n) is 20.0. The molecular formula is C30H36N2O2. The van der Waals surface area contributed by atoms with Gasteiger partial charge in [-0.25, -0.2) is 0 Å². The Kier molecular flexibility index (Phi) is 7.59. The Labute approximate surface area is 204 Å². The van der Waals surface area contributed by atoms with Gasteiger partial charge in [-0.1, -0.05) is 78.9 Å². The topological polar surface area (TPSA) is 24.9 Å². The van der Waals surface area contributed by atoms with E-state index in [1.807, 2.05) is 6.07 Å². The molecule has 0 bridgehead atoms. The van der Waals surface area contributed by atoms with Gasteiger partial charge in [0.2, 0.25) is 0 Å². The second-order valence-corrected chi connectivity index (χ2v) is 9.72. The highest BCUT2D eigenvalue weighted by Gasteiger charge is 2.43. The molecule has 178 valence electrons. The lowest BCUT2D eigenvalue weighted by Crippen LogP contribution is -2.60. The Morgan fingerprint density at radius 3 is 2.09 bits per heavy atom. The molecule has 3 aromatic rings. The van der Waals surface area contributed by atoms with Crippen molar-refractivity contribution >= 4 is 5.69 Å². The fourth-order valence-electron chi connectivity index (χ4n) is 5.28. The van der Waals surface area contributed by atoms with Gasteiger partial charge < -0.3 is 19.3 Å². The van der Waals surface area contributed by atoms with Crippen LogP contribution in [0.25, 0.3) is 0 Å². The molecule has 0 radical (unpaired) electrons. The first-order valence-corrected chi connectivity index (χ1v) is 12.6. The predicted molar refractivity (Wildman–Crippen MR) is 138 cm³/mol. The summed E-state index contributed by atoms with van der Waals surface area (Å²) in [6.07, 6.45) is 3.33. The standard InChI is InChI=1S/C30H36N2O2/c1-4-10-26(11-5-1)16-19-31-20-17-30(18-21-31)25-32(28-14-8-3-9-15-28)22-29(34-30)24-33-23-27-12-6-2-7-13-27/h1-15,29H,16-25H2. The number of anilines is 1. The Balaban J connectivity index is 1.20. The van der Waals surface area contributed by atoms with E-state index < -0.39 is 0 Å². The van der Waals surface area contributed by atoms with Crippen LogP contribution in [0.1, 0.15) is 24.0 Å². The first-order valence-electron chi connectivity index (χ1n) is 12.6. The summed E-state index contributed by atoms with van der Waals surface area (Å²) >= 11 is 0. The van der Waals surface area contributed by atoms with E-state index in [1.165, 1.54) is 16.8 Å². The first kappa shape index (κ1) is 23.1. The molecule has 3 aromatic carbocycles. The van der Waals surface area contributed by atoms with Gasteiger partial charge >= 0.3 is 0 Å². The second-order valence-electron chi connectivity index (χ2n) is 9.72. The molecule has 1 spiro atoms. The van der Waals surface area contributed by atoms with Crippen LogP contribution in [-0.2, 0) is 22.5 Å². The molecule has 5 rings (SSSR count). The lowest BCUT2D eigenvalue weighted by molar-refractivity contribution is -0.152. The summed E-state index contributed by atoms with van der Waals surface area (Å²) < 4.78 is 12.9. The lowest BCUT2D eigenvalue weighted by atomic mass is 9.88. The Hall–Kier alpha value is -2.66. The molecule has 4 nitrogen and oxygen atoms in total. The fourth-order valence-corrected chi connectivity index (χ4v) is 5.28. The van der Waals surface area contributed by atoms with Crippen molar-refractivity contribution in [1.29, 1.82) is 0 Å². The molecule has 1 atom stereocenters. The largest absolute Gasteiger partial charge is 0.374 e. The average Bonchev–Trinajstić information content (AvgIpc) is 2.90. The molecule has 1 unspecified atom stereocenters. The quantitative estimate of drug-likeness (QED) is 0.466. The Morgan fingerprint density at radius 2 is 1.41 bits per heavy atom. The van der Waals surface area contributed by atoms with Gasteiger partial charge in [0.15, 0.2) is 0 Å². The van der Waals surface area contributed by atoms with Gasteiger partial charge in [0.1, 0.15) is 0 Å². The highest BCUT2D eigenvalue weighted by atomic mass is 16.5. The van der Waals surface area contributed by atoms with Crippen LogP contribution in [0.2, 0.25) is 0 Å². The number of hydrogen-bond donors (Lipinski definition) is 0. The van der Waals surface area contributed by atoms with Crippen molar-refractivity contribution in [3.63, 3.8) is 0 Å². The molecule has 2 aliphatic heterocycles. The lowest BCUT2D eigenvalue weighted by Gasteiger charge is -2.50. The number of hydrogen-bond acceptors (Lipinski definition) is 4. The molecule has 0 saturated carbocycles. The molecule has 0 amide bonds. The molecule has 0 aliphatic carbocycles. The number of nitrogens with zero attached hydrogens (tertiary/aromatic N) is 2. The summed E-state index contributed by atoms with van der Waals surface area (Å²) in [5.74, 6) is 0. The minimum absolute atomic E-state index is 0.0773. The number of likely N-dealkylation sites (tertiary alicyclic amines) is 1. The van der Waals surface area contributed by atoms with Crippen LogP contribution < -0.4 is 4.90 Å². The van der Waals surface area contributed by atoms with Gasteiger partial charge in [-0.05, 0) is 42.5 Å². The Bertz CT molecular complexity index is 988. The highest BCUT2D eigenvalue weighted by Crippen LogP contribution is 2.34. The van der Waals surface area contributed by atoms with E-state index in [2.05, 4.69) is 94.7 Å². The summed E-state index contributed by atoms with van der Waals surface area (Å²) in [6, 6.07) is 32.0. The second kappa shape index (κ2) is 11.2. The number of benzene rings is 3. The van der Waals surface area contributed by atoms with Crippen LogP contribution in [0, 0.1) is 0 Å². The summed E-state index contributed by atoms with van der Waals surface area (Å²) in [4.78, 5) is 5.11. The normalized spacial score (nSPS) is 20.5. The van der Waals surface area contributed by atoms with Crippen LogP contribution in [0.3, 0.4) is 0 Å². The molecule has 2 aliphatic rings. The number of piperidine rings is 1. The van der Waals surface area contributed by atoms with Crippen molar-refractivity contribution < 1.29 is 9.47 Å². The summed E-state index contributed by atoms with van der Waals surface area (Å²) in [7, 11) is 0. The minimum atomic E-state index is -0.0991. The Morgan fingerprint density at radius 1 is 0.794 bits per heavy atom. The maximum Gasteiger partial charge on any atom is 0.0991 e. The SMILES string of the molecule is c1ccc(CCN2CCC3(CC2)CN(c2ccccc2)CC(COCc2ccccc2)O3)cc1. The number of rotatable bonds is 8. The van der Waals surface area contributed by atoms with Gasteiger partial charge in [-0.15, -0.1) is 0 Å². The molecule has 0 N–H and O–H groups in total. The van der Waals surface area contributed by atoms with E-state index >= 15 is 0 Å². The van der Waals surface area contributed by atoms with Crippen LogP contribution in [0.15, 0.2) is 91.0 Å². The number of ether oxygens (including phenoxy) is 2. The van der Waals surface area contributed by atoms with Crippen LogP contribution in [0.4, 0.5) is 5.69 Å². The monoisotopic (exact) mass is 456 g/mol. The van der Waals surface area contributed by atoms with Crippen molar-refractivity contribution in [2.45, 2.75) is 37.6 Å². The van der Waals surface area contributed by atoms with Gasteiger partial charge in [0.25, 0.3) is 0 Å². The van der Waals surface area contributed by atoms with E-state index in [9.17, 15) is 0 Å². The summed E-state index contributed by atoms with van der Waals surface area (Å²) in [6.45, 7) is 6.38. The van der Waals surface area contributed by atoms with Gasteiger partial charge in [0.05, 0.1) is 24.9 Å². The third-order valence-electron chi connectivity index (χ3n) is 7.18. The van der Waals surface area contributed by atoms with E-state index in [1.54, 1.807) is 0 Å². The fraction of sp³-hybridized carbons (Fsp3) is 0.400. The highest BCUT2D eigenvalue weighted by molar-refractivity contribution is 5.47. The third kappa shape index (κ3) is 6.06. The van der Waals surface area contributed by atoms with Gasteiger partial charge in [-0.2, -0.15) is 0 Å². The molecule has 2 saturated heterocycles. The molecule has 4 heteroatoms. The van der Waals surface area contributed by atoms with Crippen LogP contribution in [0.5, 0.6) is 0 Å². The van der Waals surface area contributed by atoms with E-state index in [-0.39, 0.29) is 11.7 Å². The predicted octanol–water partition coefficient (Wildman–Crippen LogP) is 5.19. The van der Waals surface area contributed by atoms with Crippen molar-refractivity contribution in [3.05, 3.63) is 102 Å². The number of morpholine rings is 1. The first-order chi connectivity index (χ1) is 16.8. The van der Waals surface area contributed by atoms with Gasteiger partial charge in [-0.3, -0.25) is 0 Å². The zero-order chi connectivity index (χ0) is 23.1. The van der Waals surface area contributed by atoms with Crippen LogP contribution >= 0.6 is 0 Å². The molecule has 34 heavy (non-hydrogen) atoms. The maximum atomic E-state index is 6.82. The molecule has 2 fully saturated rings. The van der Waals surface area contributed by atoms with E-state index in [0.29, 0.717) is 13.2 Å². The zero-order valence-corrected chi connectivity index (χ0v) is 20.0. The van der Waals surface area contributed by atoms with Crippen LogP contribution in [-0.4, -0.2) is 55.9 Å². The van der Waals surface area contributed by atoms with E-state index in [0.717, 1.165) is 52.0 Å². The summed E-state index contributed by atoms with van der Waals surface area (Å²) in [5.41, 5.74) is 3.81. The van der Waals surface area contributed by atoms with Crippen molar-refractivity contribution in [3.8, 4) is 0 Å². The average molecular weight is 457 g/mol. The third-order valence-corrected chi connectivity index (χ3v) is 7.18.